The fourth-order valence-corrected chi connectivity index (χ4v) is 8.78. The maximum absolute atomic E-state index is 6.59. The van der Waals surface area contributed by atoms with Gasteiger partial charge in [-0.3, -0.25) is 4.98 Å². The van der Waals surface area contributed by atoms with Crippen molar-refractivity contribution in [2.75, 3.05) is 0 Å². The molecule has 58 heavy (non-hydrogen) atoms. The van der Waals surface area contributed by atoms with Crippen LogP contribution in [0, 0.1) is 0 Å². The number of hydrogen-bond acceptors (Lipinski definition) is 5. The summed E-state index contributed by atoms with van der Waals surface area (Å²) >= 11 is 0. The van der Waals surface area contributed by atoms with E-state index in [4.69, 9.17) is 23.7 Å². The Bertz CT molecular complexity index is 3190. The Morgan fingerprint density at radius 1 is 0.431 bits per heavy atom. The lowest BCUT2D eigenvalue weighted by Crippen LogP contribution is -2.41. The van der Waals surface area contributed by atoms with Crippen LogP contribution in [-0.2, 0) is 9.31 Å². The van der Waals surface area contributed by atoms with Gasteiger partial charge in [0.1, 0.15) is 11.2 Å². The summed E-state index contributed by atoms with van der Waals surface area (Å²) in [5.74, 6) is 0. The van der Waals surface area contributed by atoms with Gasteiger partial charge < -0.3 is 13.7 Å². The molecule has 1 fully saturated rings. The molecule has 0 unspecified atom stereocenters. The van der Waals surface area contributed by atoms with Gasteiger partial charge in [-0.1, -0.05) is 115 Å². The van der Waals surface area contributed by atoms with Gasteiger partial charge in [-0.15, -0.1) is 0 Å². The molecule has 3 aromatic heterocycles. The average molecular weight is 751 g/mol. The van der Waals surface area contributed by atoms with Crippen molar-refractivity contribution < 1.29 is 13.7 Å². The number of hydrogen-bond donors (Lipinski definition) is 0. The molecule has 0 aliphatic carbocycles. The molecule has 0 atom stereocenters. The molecule has 0 saturated carbocycles. The highest BCUT2D eigenvalue weighted by Gasteiger charge is 2.52. The summed E-state index contributed by atoms with van der Waals surface area (Å²) in [6.45, 7) is 8.41. The Morgan fingerprint density at radius 3 is 1.67 bits per heavy atom. The first kappa shape index (κ1) is 34.6. The summed E-state index contributed by atoms with van der Waals surface area (Å²) in [6, 6.07) is 55.5. The first-order valence-electron chi connectivity index (χ1n) is 19.9. The Labute approximate surface area is 337 Å². The number of pyridine rings is 2. The summed E-state index contributed by atoms with van der Waals surface area (Å²) in [4.78, 5) is 10.3. The Morgan fingerprint density at radius 2 is 1.00 bits per heavy atom. The maximum Gasteiger partial charge on any atom is 0.495 e. The highest BCUT2D eigenvalue weighted by Crippen LogP contribution is 2.46. The molecule has 6 heteroatoms. The quantitative estimate of drug-likeness (QED) is 0.129. The molecule has 7 aromatic carbocycles. The van der Waals surface area contributed by atoms with Gasteiger partial charge in [0.25, 0.3) is 0 Å². The van der Waals surface area contributed by atoms with Crippen molar-refractivity contribution in [3.05, 3.63) is 164 Å². The third-order valence-corrected chi connectivity index (χ3v) is 12.4. The van der Waals surface area contributed by atoms with E-state index in [1.54, 1.807) is 0 Å². The molecule has 1 aliphatic rings. The van der Waals surface area contributed by atoms with Crippen molar-refractivity contribution in [3.63, 3.8) is 0 Å². The second-order valence-corrected chi connectivity index (χ2v) is 16.3. The Kier molecular flexibility index (Phi) is 7.74. The van der Waals surface area contributed by atoms with Crippen LogP contribution in [-0.4, -0.2) is 28.3 Å². The SMILES string of the molecule is CC1(C)OB(c2ccc(-c3c4ccccc4c(-c4cc(-c5ccccn5)cc(-c5ccc6c(c5)oc5ccccc56)n4)c4ccccc34)c3ccccc23)OC1(C)C. The fraction of sp³-hybridized carbons (Fsp3) is 0.115. The molecule has 0 amide bonds. The molecule has 5 nitrogen and oxygen atoms in total. The monoisotopic (exact) mass is 750 g/mol. The van der Waals surface area contributed by atoms with E-state index in [-0.39, 0.29) is 0 Å². The first-order valence-corrected chi connectivity index (χ1v) is 19.9. The van der Waals surface area contributed by atoms with Crippen molar-refractivity contribution in [1.29, 1.82) is 0 Å². The molecule has 0 radical (unpaired) electrons. The van der Waals surface area contributed by atoms with E-state index in [2.05, 4.69) is 155 Å². The van der Waals surface area contributed by atoms with Crippen LogP contribution in [0.3, 0.4) is 0 Å². The van der Waals surface area contributed by atoms with Crippen LogP contribution in [0.4, 0.5) is 0 Å². The van der Waals surface area contributed by atoms with Crippen molar-refractivity contribution >= 4 is 66.8 Å². The predicted octanol–water partition coefficient (Wildman–Crippen LogP) is 12.8. The van der Waals surface area contributed by atoms with E-state index in [0.29, 0.717) is 0 Å². The topological polar surface area (TPSA) is 57.4 Å². The number of nitrogens with zero attached hydrogens (tertiary/aromatic N) is 2. The molecule has 1 saturated heterocycles. The standard InChI is InChI=1S/C52H39BN2O3/c1-51(2)52(3,4)58-53(57-51)43-27-26-42(34-15-5-6-16-35(34)43)49-38-18-7-9-20-40(38)50(41-21-10-8-19-39(41)49)46-30-33(44-22-13-14-28-54-44)29-45(55-46)32-24-25-37-36-17-11-12-23-47(36)56-48(37)31-32/h5-31H,1-4H3. The fourth-order valence-electron chi connectivity index (χ4n) is 8.78. The van der Waals surface area contributed by atoms with Crippen molar-refractivity contribution in [2.45, 2.75) is 38.9 Å². The smallest absolute Gasteiger partial charge is 0.456 e. The number of aromatic nitrogens is 2. The normalized spacial score (nSPS) is 15.0. The summed E-state index contributed by atoms with van der Waals surface area (Å²) in [6.07, 6.45) is 1.84. The second-order valence-electron chi connectivity index (χ2n) is 16.3. The highest BCUT2D eigenvalue weighted by atomic mass is 16.7. The zero-order chi connectivity index (χ0) is 39.2. The molecular weight excluding hydrogens is 711 g/mol. The van der Waals surface area contributed by atoms with Crippen LogP contribution in [0.5, 0.6) is 0 Å². The lowest BCUT2D eigenvalue weighted by Gasteiger charge is -2.32. The van der Waals surface area contributed by atoms with E-state index in [9.17, 15) is 0 Å². The zero-order valence-corrected chi connectivity index (χ0v) is 32.8. The van der Waals surface area contributed by atoms with Crippen molar-refractivity contribution in [2.24, 2.45) is 0 Å². The van der Waals surface area contributed by atoms with Gasteiger partial charge in [-0.2, -0.15) is 0 Å². The van der Waals surface area contributed by atoms with Gasteiger partial charge in [-0.05, 0) is 119 Å². The van der Waals surface area contributed by atoms with E-state index in [1.807, 2.05) is 36.5 Å². The molecule has 0 bridgehead atoms. The number of para-hydroxylation sites is 1. The van der Waals surface area contributed by atoms with E-state index in [1.165, 1.54) is 5.56 Å². The third-order valence-electron chi connectivity index (χ3n) is 12.4. The molecule has 1 aliphatic heterocycles. The molecule has 278 valence electrons. The maximum atomic E-state index is 6.59. The Balaban J connectivity index is 1.15. The second kappa shape index (κ2) is 13.0. The lowest BCUT2D eigenvalue weighted by molar-refractivity contribution is 0.00578. The lowest BCUT2D eigenvalue weighted by atomic mass is 9.74. The number of benzene rings is 7. The molecular formula is C52H39BN2O3. The van der Waals surface area contributed by atoms with Crippen LogP contribution in [0.25, 0.3) is 99.2 Å². The predicted molar refractivity (Wildman–Crippen MR) is 239 cm³/mol. The van der Waals surface area contributed by atoms with E-state index >= 15 is 0 Å². The van der Waals surface area contributed by atoms with E-state index < -0.39 is 18.3 Å². The molecule has 10 aromatic rings. The van der Waals surface area contributed by atoms with Gasteiger partial charge in [0.05, 0.1) is 28.3 Å². The van der Waals surface area contributed by atoms with Crippen LogP contribution in [0.2, 0.25) is 0 Å². The number of furan rings is 1. The minimum Gasteiger partial charge on any atom is -0.456 e. The van der Waals surface area contributed by atoms with Crippen molar-refractivity contribution in [1.82, 2.24) is 9.97 Å². The molecule has 0 N–H and O–H groups in total. The average Bonchev–Trinajstić information content (AvgIpc) is 3.73. The highest BCUT2D eigenvalue weighted by molar-refractivity contribution is 6.65. The summed E-state index contributed by atoms with van der Waals surface area (Å²) in [7, 11) is -0.473. The number of rotatable bonds is 5. The van der Waals surface area contributed by atoms with Crippen molar-refractivity contribution in [3.8, 4) is 44.9 Å². The Hall–Kier alpha value is -6.60. The third kappa shape index (κ3) is 5.40. The van der Waals surface area contributed by atoms with E-state index in [0.717, 1.165) is 99.1 Å². The van der Waals surface area contributed by atoms with Gasteiger partial charge >= 0.3 is 7.12 Å². The summed E-state index contributed by atoms with van der Waals surface area (Å²) < 4.78 is 19.5. The minimum absolute atomic E-state index is 0.443. The summed E-state index contributed by atoms with van der Waals surface area (Å²) in [5.41, 5.74) is 9.86. The van der Waals surface area contributed by atoms with Crippen LogP contribution in [0.15, 0.2) is 168 Å². The zero-order valence-electron chi connectivity index (χ0n) is 32.8. The van der Waals surface area contributed by atoms with Gasteiger partial charge in [0, 0.05) is 33.7 Å². The largest absolute Gasteiger partial charge is 0.495 e. The first-order chi connectivity index (χ1) is 28.2. The van der Waals surface area contributed by atoms with Crippen LogP contribution in [0.1, 0.15) is 27.7 Å². The van der Waals surface area contributed by atoms with Gasteiger partial charge in [0.2, 0.25) is 0 Å². The summed E-state index contributed by atoms with van der Waals surface area (Å²) in [5, 5.41) is 9.01. The van der Waals surface area contributed by atoms with Crippen LogP contribution < -0.4 is 5.46 Å². The van der Waals surface area contributed by atoms with Gasteiger partial charge in [0.15, 0.2) is 0 Å². The van der Waals surface area contributed by atoms with Gasteiger partial charge in [-0.25, -0.2) is 4.98 Å². The molecule has 4 heterocycles. The molecule has 11 rings (SSSR count). The molecule has 0 spiro atoms. The van der Waals surface area contributed by atoms with Crippen LogP contribution >= 0.6 is 0 Å². The number of fused-ring (bicyclic) bond motifs is 6. The minimum atomic E-state index is -0.473.